The van der Waals surface area contributed by atoms with E-state index < -0.39 is 0 Å². The fourth-order valence-corrected chi connectivity index (χ4v) is 3.26. The van der Waals surface area contributed by atoms with Crippen LogP contribution in [0.1, 0.15) is 18.9 Å². The molecule has 17 heavy (non-hydrogen) atoms. The van der Waals surface area contributed by atoms with Crippen molar-refractivity contribution < 1.29 is 0 Å². The van der Waals surface area contributed by atoms with Crippen molar-refractivity contribution in [3.63, 3.8) is 0 Å². The Morgan fingerprint density at radius 1 is 1.41 bits per heavy atom. The van der Waals surface area contributed by atoms with Gasteiger partial charge in [-0.15, -0.1) is 0 Å². The maximum Gasteiger partial charge on any atom is 0.0465 e. The molecule has 2 unspecified atom stereocenters. The van der Waals surface area contributed by atoms with Crippen molar-refractivity contribution in [1.82, 2.24) is 4.90 Å². The summed E-state index contributed by atoms with van der Waals surface area (Å²) in [5, 5.41) is 1.46. The van der Waals surface area contributed by atoms with Crippen molar-refractivity contribution in [2.45, 2.75) is 24.7 Å². The average Bonchev–Trinajstić information content (AvgIpc) is 2.27. The molecule has 2 atom stereocenters. The van der Waals surface area contributed by atoms with E-state index in [1.54, 1.807) is 0 Å². The third-order valence-electron chi connectivity index (χ3n) is 3.36. The number of nitrogens with zero attached hydrogens (tertiary/aromatic N) is 1. The normalized spacial score (nSPS) is 26.1. The van der Waals surface area contributed by atoms with Gasteiger partial charge in [0, 0.05) is 28.0 Å². The molecule has 4 heteroatoms. The molecule has 2 rings (SSSR count). The zero-order valence-corrected chi connectivity index (χ0v) is 12.9. The van der Waals surface area contributed by atoms with Crippen molar-refractivity contribution >= 4 is 39.1 Å². The lowest BCUT2D eigenvalue weighted by molar-refractivity contribution is 0.194. The number of alkyl halides is 1. The highest BCUT2D eigenvalue weighted by atomic mass is 79.9. The standard InChI is InChI=1S/C13H16BrCl2N/c1-9-4-5-17(8-12(9)14)7-10-2-3-11(15)6-13(10)16/h2-3,6,9,12H,4-5,7-8H2,1H3. The van der Waals surface area contributed by atoms with Crippen molar-refractivity contribution in [3.05, 3.63) is 33.8 Å². The van der Waals surface area contributed by atoms with Crippen LogP contribution in [0.15, 0.2) is 18.2 Å². The zero-order valence-electron chi connectivity index (χ0n) is 9.80. The van der Waals surface area contributed by atoms with E-state index in [1.807, 2.05) is 18.2 Å². The van der Waals surface area contributed by atoms with E-state index in [0.717, 1.165) is 36.1 Å². The molecule has 0 bridgehead atoms. The van der Waals surface area contributed by atoms with Gasteiger partial charge in [-0.1, -0.05) is 52.1 Å². The fraction of sp³-hybridized carbons (Fsp3) is 0.538. The summed E-state index contributed by atoms with van der Waals surface area (Å²) in [4.78, 5) is 3.02. The molecular weight excluding hydrogens is 321 g/mol. The second-order valence-corrected chi connectivity index (χ2v) is 6.77. The van der Waals surface area contributed by atoms with Crippen molar-refractivity contribution in [2.24, 2.45) is 5.92 Å². The van der Waals surface area contributed by atoms with Gasteiger partial charge < -0.3 is 0 Å². The molecule has 0 aromatic heterocycles. The lowest BCUT2D eigenvalue weighted by Crippen LogP contribution is -2.39. The van der Waals surface area contributed by atoms with Gasteiger partial charge in [0.15, 0.2) is 0 Å². The number of piperidine rings is 1. The number of likely N-dealkylation sites (tertiary alicyclic amines) is 1. The first-order valence-corrected chi connectivity index (χ1v) is 7.54. The molecule has 0 saturated carbocycles. The smallest absolute Gasteiger partial charge is 0.0465 e. The Bertz CT molecular complexity index is 397. The third-order valence-corrected chi connectivity index (χ3v) is 5.14. The Balaban J connectivity index is 2.01. The minimum atomic E-state index is 0.585. The summed E-state index contributed by atoms with van der Waals surface area (Å²) < 4.78 is 0. The molecule has 0 radical (unpaired) electrons. The maximum absolute atomic E-state index is 6.19. The molecule has 0 aliphatic carbocycles. The summed E-state index contributed by atoms with van der Waals surface area (Å²) in [7, 11) is 0. The van der Waals surface area contributed by atoms with E-state index in [4.69, 9.17) is 23.2 Å². The molecule has 1 aromatic carbocycles. The van der Waals surface area contributed by atoms with Gasteiger partial charge >= 0.3 is 0 Å². The molecule has 0 N–H and O–H groups in total. The van der Waals surface area contributed by atoms with Gasteiger partial charge in [0.05, 0.1) is 0 Å². The van der Waals surface area contributed by atoms with Crippen LogP contribution in [0.2, 0.25) is 10.0 Å². The third kappa shape index (κ3) is 3.60. The number of benzene rings is 1. The number of hydrogen-bond acceptors (Lipinski definition) is 1. The number of rotatable bonds is 2. The van der Waals surface area contributed by atoms with Crippen molar-refractivity contribution in [3.8, 4) is 0 Å². The minimum absolute atomic E-state index is 0.585. The van der Waals surface area contributed by atoms with Gasteiger partial charge in [0.1, 0.15) is 0 Å². The van der Waals surface area contributed by atoms with E-state index in [0.29, 0.717) is 9.85 Å². The first-order valence-electron chi connectivity index (χ1n) is 5.86. The summed E-state index contributed by atoms with van der Waals surface area (Å²) in [5.41, 5.74) is 1.16. The lowest BCUT2D eigenvalue weighted by atomic mass is 9.98. The van der Waals surface area contributed by atoms with Crippen LogP contribution in [-0.4, -0.2) is 22.8 Å². The Kier molecular flexibility index (Phi) is 4.76. The second-order valence-electron chi connectivity index (χ2n) is 4.75. The lowest BCUT2D eigenvalue weighted by Gasteiger charge is -2.34. The van der Waals surface area contributed by atoms with Gasteiger partial charge in [0.2, 0.25) is 0 Å². The van der Waals surface area contributed by atoms with Crippen LogP contribution >= 0.6 is 39.1 Å². The van der Waals surface area contributed by atoms with Crippen LogP contribution in [-0.2, 0) is 6.54 Å². The maximum atomic E-state index is 6.19. The molecular formula is C13H16BrCl2N. The first kappa shape index (κ1) is 13.7. The number of hydrogen-bond donors (Lipinski definition) is 0. The van der Waals surface area contributed by atoms with E-state index in [-0.39, 0.29) is 0 Å². The highest BCUT2D eigenvalue weighted by molar-refractivity contribution is 9.09. The molecule has 1 aromatic rings. The number of halogens is 3. The van der Waals surface area contributed by atoms with Gasteiger partial charge in [0.25, 0.3) is 0 Å². The highest BCUT2D eigenvalue weighted by Crippen LogP contribution is 2.27. The molecule has 1 nitrogen and oxygen atoms in total. The Labute approximate surface area is 121 Å². The van der Waals surface area contributed by atoms with E-state index in [2.05, 4.69) is 27.8 Å². The quantitative estimate of drug-likeness (QED) is 0.713. The molecule has 1 saturated heterocycles. The monoisotopic (exact) mass is 335 g/mol. The summed E-state index contributed by atoms with van der Waals surface area (Å²) in [6, 6.07) is 5.74. The summed E-state index contributed by atoms with van der Waals surface area (Å²) in [6.45, 7) is 5.43. The Morgan fingerprint density at radius 2 is 2.18 bits per heavy atom. The molecule has 1 fully saturated rings. The molecule has 1 heterocycles. The van der Waals surface area contributed by atoms with Gasteiger partial charge in [-0.3, -0.25) is 4.90 Å². The van der Waals surface area contributed by atoms with E-state index in [9.17, 15) is 0 Å². The van der Waals surface area contributed by atoms with Crippen molar-refractivity contribution in [2.75, 3.05) is 13.1 Å². The molecule has 1 aliphatic heterocycles. The first-order chi connectivity index (χ1) is 8.06. The van der Waals surface area contributed by atoms with Crippen molar-refractivity contribution in [1.29, 1.82) is 0 Å². The van der Waals surface area contributed by atoms with E-state index in [1.165, 1.54) is 6.42 Å². The summed E-state index contributed by atoms with van der Waals surface area (Å²) in [6.07, 6.45) is 1.24. The summed E-state index contributed by atoms with van der Waals surface area (Å²) in [5.74, 6) is 0.756. The van der Waals surface area contributed by atoms with Crippen LogP contribution in [0.3, 0.4) is 0 Å². The van der Waals surface area contributed by atoms with E-state index >= 15 is 0 Å². The van der Waals surface area contributed by atoms with Gasteiger partial charge in [-0.25, -0.2) is 0 Å². The fourth-order valence-electron chi connectivity index (χ4n) is 2.12. The topological polar surface area (TPSA) is 3.24 Å². The SMILES string of the molecule is CC1CCN(Cc2ccc(Cl)cc2Cl)CC1Br. The van der Waals surface area contributed by atoms with Gasteiger partial charge in [-0.05, 0) is 36.6 Å². The Morgan fingerprint density at radius 3 is 2.82 bits per heavy atom. The average molecular weight is 337 g/mol. The summed E-state index contributed by atoms with van der Waals surface area (Å²) >= 11 is 15.8. The molecule has 1 aliphatic rings. The van der Waals surface area contributed by atoms with Crippen LogP contribution < -0.4 is 0 Å². The highest BCUT2D eigenvalue weighted by Gasteiger charge is 2.24. The predicted molar refractivity (Wildman–Crippen MR) is 78.2 cm³/mol. The van der Waals surface area contributed by atoms with Crippen LogP contribution in [0.5, 0.6) is 0 Å². The van der Waals surface area contributed by atoms with Gasteiger partial charge in [-0.2, -0.15) is 0 Å². The minimum Gasteiger partial charge on any atom is -0.298 e. The second kappa shape index (κ2) is 5.92. The van der Waals surface area contributed by atoms with Crippen LogP contribution in [0.25, 0.3) is 0 Å². The predicted octanol–water partition coefficient (Wildman–Crippen LogP) is 4.60. The zero-order chi connectivity index (χ0) is 12.4. The molecule has 0 amide bonds. The van der Waals surface area contributed by atoms with Crippen LogP contribution in [0.4, 0.5) is 0 Å². The van der Waals surface area contributed by atoms with Crippen LogP contribution in [0, 0.1) is 5.92 Å². The largest absolute Gasteiger partial charge is 0.298 e. The Hall–Kier alpha value is 0.240. The molecule has 94 valence electrons. The molecule has 0 spiro atoms.